The number of nitrogens with zero attached hydrogens (tertiary/aromatic N) is 3. The number of hydrogen-bond acceptors (Lipinski definition) is 5. The van der Waals surface area contributed by atoms with Gasteiger partial charge in [-0.3, -0.25) is 0 Å². The van der Waals surface area contributed by atoms with Crippen molar-refractivity contribution >= 4 is 43.9 Å². The Bertz CT molecular complexity index is 2780. The molecule has 45 heavy (non-hydrogen) atoms. The van der Waals surface area contributed by atoms with Gasteiger partial charge in [-0.05, 0) is 35.4 Å². The summed E-state index contributed by atoms with van der Waals surface area (Å²) in [6, 6.07) is 33.1. The Balaban J connectivity index is 1.25. The average molecular weight is 585 g/mol. The van der Waals surface area contributed by atoms with E-state index in [0.717, 1.165) is 38.5 Å². The van der Waals surface area contributed by atoms with Gasteiger partial charge in [0, 0.05) is 44.7 Å². The zero-order valence-corrected chi connectivity index (χ0v) is 23.8. The molecule has 0 amide bonds. The summed E-state index contributed by atoms with van der Waals surface area (Å²) < 4.78 is 54.1. The van der Waals surface area contributed by atoms with Crippen molar-refractivity contribution in [3.63, 3.8) is 0 Å². The van der Waals surface area contributed by atoms with Crippen LogP contribution in [-0.2, 0) is 6.42 Å². The quantitative estimate of drug-likeness (QED) is 0.201. The van der Waals surface area contributed by atoms with E-state index in [1.54, 1.807) is 18.2 Å². The Labute approximate surface area is 265 Å². The summed E-state index contributed by atoms with van der Waals surface area (Å²) >= 11 is 0. The number of benzene rings is 6. The van der Waals surface area contributed by atoms with Crippen molar-refractivity contribution in [1.29, 1.82) is 0 Å². The van der Waals surface area contributed by atoms with Gasteiger partial charge < -0.3 is 8.83 Å². The minimum Gasteiger partial charge on any atom is -0.456 e. The molecule has 0 saturated carbocycles. The van der Waals surface area contributed by atoms with Gasteiger partial charge in [-0.25, -0.2) is 15.0 Å². The Morgan fingerprint density at radius 2 is 1.29 bits per heavy atom. The van der Waals surface area contributed by atoms with Crippen LogP contribution in [0.2, 0.25) is 0 Å². The molecule has 212 valence electrons. The first-order chi connectivity index (χ1) is 24.4. The van der Waals surface area contributed by atoms with Gasteiger partial charge in [0.25, 0.3) is 0 Å². The van der Waals surface area contributed by atoms with E-state index in [1.807, 2.05) is 78.9 Å². The molecule has 0 N–H and O–H groups in total. The Morgan fingerprint density at radius 1 is 0.533 bits per heavy atom. The van der Waals surface area contributed by atoms with Gasteiger partial charge in [0.1, 0.15) is 28.2 Å². The molecule has 9 aromatic rings. The Kier molecular flexibility index (Phi) is 4.75. The maximum Gasteiger partial charge on any atom is 0.164 e. The third-order valence-corrected chi connectivity index (χ3v) is 8.07. The highest BCUT2D eigenvalue weighted by Crippen LogP contribution is 2.38. The van der Waals surface area contributed by atoms with Gasteiger partial charge in [-0.1, -0.05) is 115 Å². The average Bonchev–Trinajstić information content (AvgIpc) is 3.72. The lowest BCUT2D eigenvalue weighted by molar-refractivity contribution is 0.663. The molecule has 0 saturated heterocycles. The first-order valence-corrected chi connectivity index (χ1v) is 14.6. The van der Waals surface area contributed by atoms with Gasteiger partial charge in [0.2, 0.25) is 0 Å². The number of fused-ring (bicyclic) bond motifs is 6. The molecule has 6 aromatic carbocycles. The first kappa shape index (κ1) is 20.8. The van der Waals surface area contributed by atoms with Crippen molar-refractivity contribution < 1.29 is 15.7 Å². The topological polar surface area (TPSA) is 65.0 Å². The van der Waals surface area contributed by atoms with Crippen molar-refractivity contribution in [2.45, 2.75) is 6.42 Å². The zero-order valence-electron chi connectivity index (χ0n) is 28.8. The fourth-order valence-corrected chi connectivity index (χ4v) is 6.01. The van der Waals surface area contributed by atoms with Gasteiger partial charge in [-0.15, -0.1) is 0 Å². The molecule has 5 heteroatoms. The molecule has 0 bridgehead atoms. The minimum absolute atomic E-state index is 0.123. The van der Waals surface area contributed by atoms with Crippen LogP contribution in [0.4, 0.5) is 0 Å². The second-order valence-corrected chi connectivity index (χ2v) is 10.8. The SMILES string of the molecule is [2H]c1c([2H])c([2H])c(-c2ccc3oc4cccc(-c5nc(Cc6cccc7c6oc6ccccc67)nc(-c6ccccc6)n5)c4c3c2)c([2H])c1[2H]. The van der Waals surface area contributed by atoms with E-state index >= 15 is 0 Å². The highest BCUT2D eigenvalue weighted by Gasteiger charge is 2.19. The predicted molar refractivity (Wildman–Crippen MR) is 180 cm³/mol. The molecule has 0 aliphatic rings. The lowest BCUT2D eigenvalue weighted by Gasteiger charge is -2.09. The van der Waals surface area contributed by atoms with E-state index in [2.05, 4.69) is 12.1 Å². The fourth-order valence-electron chi connectivity index (χ4n) is 6.01. The third kappa shape index (κ3) is 4.36. The van der Waals surface area contributed by atoms with E-state index < -0.39 is 6.04 Å². The smallest absolute Gasteiger partial charge is 0.164 e. The number of rotatable bonds is 5. The molecule has 0 fully saturated rings. The first-order valence-electron chi connectivity index (χ1n) is 17.1. The lowest BCUT2D eigenvalue weighted by atomic mass is 10.0. The van der Waals surface area contributed by atoms with Gasteiger partial charge in [0.15, 0.2) is 11.6 Å². The van der Waals surface area contributed by atoms with E-state index in [9.17, 15) is 0 Å². The summed E-state index contributed by atoms with van der Waals surface area (Å²) in [6.07, 6.45) is 0.397. The van der Waals surface area contributed by atoms with Crippen LogP contribution in [0, 0.1) is 0 Å². The van der Waals surface area contributed by atoms with Crippen LogP contribution in [0.3, 0.4) is 0 Å². The maximum absolute atomic E-state index is 8.56. The van der Waals surface area contributed by atoms with E-state index in [-0.39, 0.29) is 29.7 Å². The molecule has 3 heterocycles. The van der Waals surface area contributed by atoms with Crippen LogP contribution in [-0.4, -0.2) is 15.0 Å². The summed E-state index contributed by atoms with van der Waals surface area (Å²) in [4.78, 5) is 14.9. The fraction of sp³-hybridized carbons (Fsp3) is 0.0250. The molecule has 0 aliphatic heterocycles. The van der Waals surface area contributed by atoms with E-state index in [4.69, 9.17) is 30.6 Å². The van der Waals surface area contributed by atoms with Crippen LogP contribution in [0.15, 0.2) is 148 Å². The second kappa shape index (κ2) is 10.3. The standard InChI is InChI=1S/C40H25N3O2/c1-3-11-25(12-4-1)27-21-22-34-32(23-27)37-31(18-10-20-35(37)44-34)40-42-36(41-39(43-40)26-13-5-2-6-14-26)24-28-15-9-17-30-29-16-7-8-19-33(29)45-38(28)30/h1-23H,24H2/i1D,3D,4D,11D,12D. The predicted octanol–water partition coefficient (Wildman–Crippen LogP) is 10.3. The van der Waals surface area contributed by atoms with Gasteiger partial charge in [-0.2, -0.15) is 0 Å². The molecule has 3 aromatic heterocycles. The Hall–Kier alpha value is -6.07. The van der Waals surface area contributed by atoms with Crippen molar-refractivity contribution in [2.24, 2.45) is 0 Å². The van der Waals surface area contributed by atoms with Crippen molar-refractivity contribution in [1.82, 2.24) is 15.0 Å². The van der Waals surface area contributed by atoms with E-state index in [1.165, 1.54) is 0 Å². The minimum atomic E-state index is -0.433. The van der Waals surface area contributed by atoms with Crippen LogP contribution in [0.1, 0.15) is 18.2 Å². The van der Waals surface area contributed by atoms with Crippen LogP contribution in [0.5, 0.6) is 0 Å². The maximum atomic E-state index is 8.56. The molecule has 0 radical (unpaired) electrons. The molecule has 0 atom stereocenters. The molecule has 0 spiro atoms. The number of hydrogen-bond donors (Lipinski definition) is 0. The second-order valence-electron chi connectivity index (χ2n) is 10.8. The van der Waals surface area contributed by atoms with Gasteiger partial charge in [0.05, 0.1) is 6.85 Å². The molecular formula is C40H25N3O2. The summed E-state index contributed by atoms with van der Waals surface area (Å²) in [6.45, 7) is 0. The lowest BCUT2D eigenvalue weighted by Crippen LogP contribution is -2.04. The van der Waals surface area contributed by atoms with Gasteiger partial charge >= 0.3 is 0 Å². The third-order valence-electron chi connectivity index (χ3n) is 8.07. The van der Waals surface area contributed by atoms with Crippen molar-refractivity contribution in [3.8, 4) is 33.9 Å². The number of aromatic nitrogens is 3. The van der Waals surface area contributed by atoms with E-state index in [0.29, 0.717) is 51.6 Å². The normalized spacial score (nSPS) is 13.2. The molecule has 0 aliphatic carbocycles. The van der Waals surface area contributed by atoms with Crippen LogP contribution < -0.4 is 0 Å². The summed E-state index contributed by atoms with van der Waals surface area (Å²) in [5.41, 5.74) is 5.89. The largest absolute Gasteiger partial charge is 0.456 e. The number of furan rings is 2. The summed E-state index contributed by atoms with van der Waals surface area (Å²) in [5, 5.41) is 3.52. The summed E-state index contributed by atoms with van der Waals surface area (Å²) in [7, 11) is 0. The van der Waals surface area contributed by atoms with Crippen molar-refractivity contribution in [3.05, 3.63) is 151 Å². The molecule has 9 rings (SSSR count). The molecular weight excluding hydrogens is 554 g/mol. The monoisotopic (exact) mass is 584 g/mol. The molecule has 0 unspecified atom stereocenters. The zero-order chi connectivity index (χ0) is 34.1. The Morgan fingerprint density at radius 3 is 2.20 bits per heavy atom. The van der Waals surface area contributed by atoms with Crippen molar-refractivity contribution in [2.75, 3.05) is 0 Å². The number of para-hydroxylation sites is 2. The highest BCUT2D eigenvalue weighted by atomic mass is 16.3. The highest BCUT2D eigenvalue weighted by molar-refractivity contribution is 6.12. The van der Waals surface area contributed by atoms with Crippen LogP contribution >= 0.6 is 0 Å². The van der Waals surface area contributed by atoms with Crippen LogP contribution in [0.25, 0.3) is 77.8 Å². The molecule has 5 nitrogen and oxygen atoms in total. The summed E-state index contributed by atoms with van der Waals surface area (Å²) in [5.74, 6) is 1.53.